The number of carbonyl (C=O) groups excluding carboxylic acids is 1. The lowest BCUT2D eigenvalue weighted by atomic mass is 10.1. The average molecular weight is 539 g/mol. The summed E-state index contributed by atoms with van der Waals surface area (Å²) in [6, 6.07) is 12.7. The molecule has 4 rings (SSSR count). The van der Waals surface area contributed by atoms with Crippen LogP contribution in [0.4, 0.5) is 0 Å². The number of aliphatic imine (C=N–C) groups is 1. The smallest absolute Gasteiger partial charge is 0.242 e. The number of nitrogens with zero attached hydrogens (tertiary/aromatic N) is 4. The van der Waals surface area contributed by atoms with E-state index in [4.69, 9.17) is 0 Å². The molecule has 1 saturated heterocycles. The van der Waals surface area contributed by atoms with Crippen LogP contribution in [-0.2, 0) is 24.3 Å². The van der Waals surface area contributed by atoms with Gasteiger partial charge in [-0.1, -0.05) is 30.3 Å². The summed E-state index contributed by atoms with van der Waals surface area (Å²) in [6.07, 6.45) is 0.969. The van der Waals surface area contributed by atoms with Crippen LogP contribution in [-0.4, -0.2) is 72.9 Å². The molecule has 1 aromatic heterocycles. The molecule has 6 nitrogen and oxygen atoms in total. The minimum absolute atomic E-state index is 0. The highest BCUT2D eigenvalue weighted by atomic mass is 127. The highest BCUT2D eigenvalue weighted by Crippen LogP contribution is 2.23. The van der Waals surface area contributed by atoms with E-state index in [0.29, 0.717) is 6.54 Å². The molecule has 0 bridgehead atoms. The van der Waals surface area contributed by atoms with Crippen molar-refractivity contribution in [1.29, 1.82) is 0 Å². The van der Waals surface area contributed by atoms with Crippen LogP contribution in [0.15, 0.2) is 46.8 Å². The molecule has 0 aliphatic carbocycles. The van der Waals surface area contributed by atoms with E-state index in [0.717, 1.165) is 58.2 Å². The molecule has 1 fully saturated rings. The molecule has 3 heterocycles. The van der Waals surface area contributed by atoms with E-state index in [1.54, 1.807) is 18.4 Å². The molecular formula is C22H30IN5OS. The summed E-state index contributed by atoms with van der Waals surface area (Å²) in [5.74, 6) is 0.969. The maximum atomic E-state index is 12.7. The molecule has 0 spiro atoms. The first kappa shape index (κ1) is 23.0. The topological polar surface area (TPSA) is 51.2 Å². The summed E-state index contributed by atoms with van der Waals surface area (Å²) in [4.78, 5) is 25.2. The van der Waals surface area contributed by atoms with Crippen molar-refractivity contribution in [3.63, 3.8) is 0 Å². The van der Waals surface area contributed by atoms with Crippen LogP contribution in [0.3, 0.4) is 0 Å². The van der Waals surface area contributed by atoms with Crippen LogP contribution in [0.1, 0.15) is 16.0 Å². The monoisotopic (exact) mass is 539 g/mol. The number of halogens is 1. The van der Waals surface area contributed by atoms with Gasteiger partial charge in [0.25, 0.3) is 0 Å². The SMILES string of the molecule is CN=C(NCC(=O)N1CCc2sccc2C1)N1CCN(Cc2ccccc2)CC1.I. The Morgan fingerprint density at radius 3 is 2.57 bits per heavy atom. The summed E-state index contributed by atoms with van der Waals surface area (Å²) < 4.78 is 0. The number of thiophene rings is 1. The zero-order valence-electron chi connectivity index (χ0n) is 17.4. The van der Waals surface area contributed by atoms with Crippen LogP contribution in [0.5, 0.6) is 0 Å². The summed E-state index contributed by atoms with van der Waals surface area (Å²) in [5.41, 5.74) is 2.65. The van der Waals surface area contributed by atoms with Crippen LogP contribution in [0.2, 0.25) is 0 Å². The van der Waals surface area contributed by atoms with Gasteiger partial charge in [0.15, 0.2) is 5.96 Å². The first-order valence-corrected chi connectivity index (χ1v) is 11.2. The van der Waals surface area contributed by atoms with Crippen molar-refractivity contribution >= 4 is 47.2 Å². The molecule has 2 aliphatic rings. The lowest BCUT2D eigenvalue weighted by Gasteiger charge is -2.36. The number of fused-ring (bicyclic) bond motifs is 1. The van der Waals surface area contributed by atoms with Gasteiger partial charge >= 0.3 is 0 Å². The zero-order chi connectivity index (χ0) is 20.1. The van der Waals surface area contributed by atoms with Gasteiger partial charge in [0.05, 0.1) is 6.54 Å². The quantitative estimate of drug-likeness (QED) is 0.369. The Labute approximate surface area is 200 Å². The minimum atomic E-state index is 0. The number of benzene rings is 1. The van der Waals surface area contributed by atoms with Gasteiger partial charge in [0.2, 0.25) is 5.91 Å². The Hall–Kier alpha value is -1.65. The standard InChI is InChI=1S/C22H29N5OS.HI/c1-23-22(24-15-21(28)27-9-7-20-19(17-27)8-14-29-20)26-12-10-25(11-13-26)16-18-5-3-2-4-6-18;/h2-6,8,14H,7,9-13,15-17H2,1H3,(H,23,24);1H. The van der Waals surface area contributed by atoms with Crippen molar-refractivity contribution in [2.75, 3.05) is 46.3 Å². The molecule has 0 unspecified atom stereocenters. The molecule has 0 saturated carbocycles. The Morgan fingerprint density at radius 2 is 1.83 bits per heavy atom. The van der Waals surface area contributed by atoms with Gasteiger partial charge in [0.1, 0.15) is 0 Å². The molecule has 1 N–H and O–H groups in total. The van der Waals surface area contributed by atoms with Crippen molar-refractivity contribution in [2.45, 2.75) is 19.5 Å². The largest absolute Gasteiger partial charge is 0.347 e. The second-order valence-corrected chi connectivity index (χ2v) is 8.58. The normalized spacial score (nSPS) is 17.3. The first-order valence-electron chi connectivity index (χ1n) is 10.3. The average Bonchev–Trinajstić information content (AvgIpc) is 3.24. The molecule has 0 radical (unpaired) electrons. The van der Waals surface area contributed by atoms with Gasteiger partial charge < -0.3 is 15.1 Å². The summed E-state index contributed by atoms with van der Waals surface area (Å²) in [5, 5.41) is 5.41. The van der Waals surface area contributed by atoms with E-state index in [1.807, 2.05) is 4.90 Å². The summed E-state index contributed by atoms with van der Waals surface area (Å²) >= 11 is 1.80. The Kier molecular flexibility index (Phi) is 8.52. The fraction of sp³-hybridized carbons (Fsp3) is 0.455. The van der Waals surface area contributed by atoms with Gasteiger partial charge in [-0.25, -0.2) is 0 Å². The molecule has 2 aliphatic heterocycles. The third-order valence-corrected chi connectivity index (χ3v) is 6.71. The van der Waals surface area contributed by atoms with Crippen molar-refractivity contribution in [3.8, 4) is 0 Å². The number of rotatable bonds is 4. The number of piperazine rings is 1. The highest BCUT2D eigenvalue weighted by molar-refractivity contribution is 14.0. The predicted molar refractivity (Wildman–Crippen MR) is 134 cm³/mol. The molecule has 8 heteroatoms. The van der Waals surface area contributed by atoms with Gasteiger partial charge in [-0.3, -0.25) is 14.7 Å². The van der Waals surface area contributed by atoms with Crippen molar-refractivity contribution in [1.82, 2.24) is 20.0 Å². The molecule has 0 atom stereocenters. The summed E-state index contributed by atoms with van der Waals surface area (Å²) in [7, 11) is 1.79. The van der Waals surface area contributed by atoms with Crippen molar-refractivity contribution in [3.05, 3.63) is 57.8 Å². The molecule has 1 aromatic carbocycles. The van der Waals surface area contributed by atoms with Crippen LogP contribution in [0.25, 0.3) is 0 Å². The number of hydrogen-bond acceptors (Lipinski definition) is 4. The van der Waals surface area contributed by atoms with Gasteiger partial charge in [-0.05, 0) is 29.0 Å². The van der Waals surface area contributed by atoms with E-state index in [1.165, 1.54) is 16.0 Å². The Bertz CT molecular complexity index is 848. The van der Waals surface area contributed by atoms with E-state index in [2.05, 4.69) is 61.9 Å². The molecule has 162 valence electrons. The molecular weight excluding hydrogens is 509 g/mol. The fourth-order valence-corrected chi connectivity index (χ4v) is 4.91. The number of guanidine groups is 1. The first-order chi connectivity index (χ1) is 14.2. The number of amides is 1. The summed E-state index contributed by atoms with van der Waals surface area (Å²) in [6.45, 7) is 6.66. The van der Waals surface area contributed by atoms with E-state index >= 15 is 0 Å². The second-order valence-electron chi connectivity index (χ2n) is 7.58. The Morgan fingerprint density at radius 1 is 1.07 bits per heavy atom. The van der Waals surface area contributed by atoms with Crippen molar-refractivity contribution in [2.24, 2.45) is 4.99 Å². The van der Waals surface area contributed by atoms with Crippen LogP contribution in [0, 0.1) is 0 Å². The molecule has 30 heavy (non-hydrogen) atoms. The van der Waals surface area contributed by atoms with Gasteiger partial charge in [-0.15, -0.1) is 35.3 Å². The minimum Gasteiger partial charge on any atom is -0.347 e. The predicted octanol–water partition coefficient (Wildman–Crippen LogP) is 2.64. The maximum absolute atomic E-state index is 12.7. The highest BCUT2D eigenvalue weighted by Gasteiger charge is 2.23. The van der Waals surface area contributed by atoms with E-state index in [-0.39, 0.29) is 29.9 Å². The maximum Gasteiger partial charge on any atom is 0.242 e. The molecule has 2 aromatic rings. The Balaban J connectivity index is 0.00000256. The van der Waals surface area contributed by atoms with Gasteiger partial charge in [-0.2, -0.15) is 0 Å². The number of carbonyl (C=O) groups is 1. The zero-order valence-corrected chi connectivity index (χ0v) is 20.6. The molecule has 1 amide bonds. The van der Waals surface area contributed by atoms with Crippen LogP contribution >= 0.6 is 35.3 Å². The fourth-order valence-electron chi connectivity index (χ4n) is 4.02. The van der Waals surface area contributed by atoms with Crippen LogP contribution < -0.4 is 5.32 Å². The number of hydrogen-bond donors (Lipinski definition) is 1. The third-order valence-electron chi connectivity index (χ3n) is 5.69. The lowest BCUT2D eigenvalue weighted by Crippen LogP contribution is -2.53. The van der Waals surface area contributed by atoms with Crippen molar-refractivity contribution < 1.29 is 4.79 Å². The number of nitrogens with one attached hydrogen (secondary N) is 1. The van der Waals surface area contributed by atoms with E-state index in [9.17, 15) is 4.79 Å². The second kappa shape index (κ2) is 11.1. The van der Waals surface area contributed by atoms with Gasteiger partial charge in [0, 0.05) is 57.7 Å². The lowest BCUT2D eigenvalue weighted by molar-refractivity contribution is -0.130. The third kappa shape index (κ3) is 5.73. The van der Waals surface area contributed by atoms with E-state index < -0.39 is 0 Å².